The smallest absolute Gasteiger partial charge is 0.251 e. The third kappa shape index (κ3) is 3.30. The van der Waals surface area contributed by atoms with Crippen molar-refractivity contribution in [3.63, 3.8) is 0 Å². The molecule has 1 aromatic rings. The van der Waals surface area contributed by atoms with Crippen LogP contribution in [0.2, 0.25) is 10.0 Å². The van der Waals surface area contributed by atoms with Crippen molar-refractivity contribution < 1.29 is 4.79 Å². The number of nitrogens with two attached hydrogens (primary N) is 1. The lowest BCUT2D eigenvalue weighted by atomic mass is 9.95. The zero-order valence-corrected chi connectivity index (χ0v) is 12.3. The van der Waals surface area contributed by atoms with Gasteiger partial charge in [0, 0.05) is 11.1 Å². The summed E-state index contributed by atoms with van der Waals surface area (Å²) in [5.41, 5.74) is 6.20. The Hall–Kier alpha value is -0.930. The minimum atomic E-state index is -0.224. The van der Waals surface area contributed by atoms with E-state index in [2.05, 4.69) is 5.32 Å². The average Bonchev–Trinajstić information content (AvgIpc) is 2.35. The lowest BCUT2D eigenvalue weighted by Crippen LogP contribution is -2.44. The van der Waals surface area contributed by atoms with E-state index in [1.165, 1.54) is 12.1 Å². The molecule has 0 aliphatic heterocycles. The van der Waals surface area contributed by atoms with Crippen LogP contribution in [0, 0.1) is 0 Å². The maximum absolute atomic E-state index is 12.1. The highest BCUT2D eigenvalue weighted by atomic mass is 35.5. The third-order valence-electron chi connectivity index (χ3n) is 3.29. The minimum Gasteiger partial charge on any atom is -0.397 e. The molecule has 3 nitrogen and oxygen atoms in total. The van der Waals surface area contributed by atoms with E-state index in [4.69, 9.17) is 28.9 Å². The lowest BCUT2D eigenvalue weighted by molar-refractivity contribution is 0.0901. The van der Waals surface area contributed by atoms with Crippen LogP contribution in [0.1, 0.15) is 44.0 Å². The van der Waals surface area contributed by atoms with Crippen molar-refractivity contribution in [2.24, 2.45) is 0 Å². The van der Waals surface area contributed by atoms with Crippen molar-refractivity contribution in [3.8, 4) is 0 Å². The topological polar surface area (TPSA) is 55.1 Å². The van der Waals surface area contributed by atoms with Crippen molar-refractivity contribution in [3.05, 3.63) is 27.7 Å². The van der Waals surface area contributed by atoms with E-state index in [1.807, 2.05) is 20.8 Å². The summed E-state index contributed by atoms with van der Waals surface area (Å²) in [7, 11) is 0. The molecule has 0 spiro atoms. The van der Waals surface area contributed by atoms with E-state index < -0.39 is 0 Å². The second-order valence-corrected chi connectivity index (χ2v) is 5.37. The van der Waals surface area contributed by atoms with Gasteiger partial charge >= 0.3 is 0 Å². The molecule has 0 fully saturated rings. The van der Waals surface area contributed by atoms with Crippen molar-refractivity contribution in [2.75, 3.05) is 5.73 Å². The number of halogens is 2. The SMILES string of the molecule is CCC(C)(CC)NC(=O)c1cc(N)c(Cl)c(Cl)c1. The van der Waals surface area contributed by atoms with Gasteiger partial charge in [-0.25, -0.2) is 0 Å². The summed E-state index contributed by atoms with van der Waals surface area (Å²) in [6.07, 6.45) is 1.71. The van der Waals surface area contributed by atoms with Crippen LogP contribution in [0.4, 0.5) is 5.69 Å². The summed E-state index contributed by atoms with van der Waals surface area (Å²) in [5.74, 6) is -0.188. The molecular weight excluding hydrogens is 271 g/mol. The van der Waals surface area contributed by atoms with E-state index >= 15 is 0 Å². The maximum Gasteiger partial charge on any atom is 0.251 e. The summed E-state index contributed by atoms with van der Waals surface area (Å²) < 4.78 is 0. The van der Waals surface area contributed by atoms with Crippen molar-refractivity contribution in [1.82, 2.24) is 5.32 Å². The number of benzene rings is 1. The van der Waals surface area contributed by atoms with Gasteiger partial charge in [0.05, 0.1) is 15.7 Å². The zero-order chi connectivity index (χ0) is 13.9. The number of carbonyl (C=O) groups excluding carboxylic acids is 1. The Bertz CT molecular complexity index is 433. The number of rotatable bonds is 4. The summed E-state index contributed by atoms with van der Waals surface area (Å²) in [5, 5.41) is 3.55. The molecule has 0 saturated carbocycles. The molecule has 3 N–H and O–H groups in total. The fourth-order valence-corrected chi connectivity index (χ4v) is 1.85. The molecule has 0 bridgehead atoms. The monoisotopic (exact) mass is 288 g/mol. The number of hydrogen-bond acceptors (Lipinski definition) is 2. The molecule has 0 aliphatic carbocycles. The predicted molar refractivity (Wildman–Crippen MR) is 77.3 cm³/mol. The van der Waals surface area contributed by atoms with Gasteiger partial charge in [-0.3, -0.25) is 4.79 Å². The Morgan fingerprint density at radius 3 is 2.33 bits per heavy atom. The molecule has 0 atom stereocenters. The molecule has 0 aromatic heterocycles. The summed E-state index contributed by atoms with van der Waals surface area (Å²) >= 11 is 11.8. The molecule has 0 saturated heterocycles. The van der Waals surface area contributed by atoms with Crippen LogP contribution in [0.3, 0.4) is 0 Å². The quantitative estimate of drug-likeness (QED) is 0.826. The van der Waals surface area contributed by atoms with Crippen LogP contribution in [0.5, 0.6) is 0 Å². The molecule has 0 heterocycles. The Kier molecular flexibility index (Phi) is 4.88. The molecule has 1 rings (SSSR count). The van der Waals surface area contributed by atoms with Gasteiger partial charge in [-0.2, -0.15) is 0 Å². The second kappa shape index (κ2) is 5.81. The first kappa shape index (κ1) is 15.1. The number of nitrogen functional groups attached to an aromatic ring is 1. The fourth-order valence-electron chi connectivity index (χ4n) is 1.51. The molecule has 1 aromatic carbocycles. The molecule has 0 unspecified atom stereocenters. The Morgan fingerprint density at radius 2 is 1.89 bits per heavy atom. The van der Waals surface area contributed by atoms with Crippen molar-refractivity contribution in [2.45, 2.75) is 39.2 Å². The van der Waals surface area contributed by atoms with Gasteiger partial charge in [0.25, 0.3) is 5.91 Å². The predicted octanol–water partition coefficient (Wildman–Crippen LogP) is 3.88. The molecule has 0 aliphatic rings. The molecule has 18 heavy (non-hydrogen) atoms. The van der Waals surface area contributed by atoms with Gasteiger partial charge in [0.2, 0.25) is 0 Å². The van der Waals surface area contributed by atoms with Crippen LogP contribution >= 0.6 is 23.2 Å². The number of anilines is 1. The fraction of sp³-hybridized carbons (Fsp3) is 0.462. The van der Waals surface area contributed by atoms with Gasteiger partial charge in [-0.15, -0.1) is 0 Å². The second-order valence-electron chi connectivity index (χ2n) is 4.58. The standard InChI is InChI=1S/C13H18Cl2N2O/c1-4-13(3,5-2)17-12(18)8-6-9(14)11(15)10(16)7-8/h6-7H,4-5,16H2,1-3H3,(H,17,18). The van der Waals surface area contributed by atoms with E-state index in [0.29, 0.717) is 11.3 Å². The van der Waals surface area contributed by atoms with Crippen LogP contribution in [-0.4, -0.2) is 11.4 Å². The van der Waals surface area contributed by atoms with Gasteiger partial charge < -0.3 is 11.1 Å². The summed E-state index contributed by atoms with van der Waals surface area (Å²) in [6.45, 7) is 6.08. The first-order chi connectivity index (χ1) is 8.33. The van der Waals surface area contributed by atoms with Crippen molar-refractivity contribution >= 4 is 34.8 Å². The Morgan fingerprint density at radius 1 is 1.33 bits per heavy atom. The molecule has 0 radical (unpaired) electrons. The number of amides is 1. The molecule has 100 valence electrons. The van der Waals surface area contributed by atoms with Crippen molar-refractivity contribution in [1.29, 1.82) is 0 Å². The highest BCUT2D eigenvalue weighted by molar-refractivity contribution is 6.43. The van der Waals surface area contributed by atoms with E-state index in [0.717, 1.165) is 12.8 Å². The molecule has 5 heteroatoms. The number of carbonyl (C=O) groups is 1. The number of hydrogen-bond donors (Lipinski definition) is 2. The van der Waals surface area contributed by atoms with Crippen LogP contribution in [0.15, 0.2) is 12.1 Å². The van der Waals surface area contributed by atoms with Crippen LogP contribution < -0.4 is 11.1 Å². The lowest BCUT2D eigenvalue weighted by Gasteiger charge is -2.28. The average molecular weight is 289 g/mol. The van der Waals surface area contributed by atoms with Gasteiger partial charge in [0.15, 0.2) is 0 Å². The minimum absolute atomic E-state index is 0.188. The molecule has 1 amide bonds. The molecular formula is C13H18Cl2N2O. The Balaban J connectivity index is 2.98. The largest absolute Gasteiger partial charge is 0.397 e. The van der Waals surface area contributed by atoms with Gasteiger partial charge in [0.1, 0.15) is 0 Å². The van der Waals surface area contributed by atoms with Crippen LogP contribution in [-0.2, 0) is 0 Å². The first-order valence-corrected chi connectivity index (χ1v) is 6.65. The summed E-state index contributed by atoms with van der Waals surface area (Å²) in [4.78, 5) is 12.1. The maximum atomic E-state index is 12.1. The normalized spacial score (nSPS) is 11.4. The highest BCUT2D eigenvalue weighted by Gasteiger charge is 2.23. The number of nitrogens with one attached hydrogen (secondary N) is 1. The van der Waals surface area contributed by atoms with Crippen LogP contribution in [0.25, 0.3) is 0 Å². The van der Waals surface area contributed by atoms with Gasteiger partial charge in [-0.05, 0) is 31.9 Å². The van der Waals surface area contributed by atoms with Gasteiger partial charge in [-0.1, -0.05) is 37.0 Å². The highest BCUT2D eigenvalue weighted by Crippen LogP contribution is 2.29. The first-order valence-electron chi connectivity index (χ1n) is 5.90. The third-order valence-corrected chi connectivity index (χ3v) is 4.11. The van der Waals surface area contributed by atoms with E-state index in [-0.39, 0.29) is 21.5 Å². The summed E-state index contributed by atoms with van der Waals surface area (Å²) in [6, 6.07) is 3.07. The zero-order valence-electron chi connectivity index (χ0n) is 10.8. The van der Waals surface area contributed by atoms with E-state index in [1.54, 1.807) is 0 Å². The van der Waals surface area contributed by atoms with E-state index in [9.17, 15) is 4.79 Å². The Labute approximate surface area is 118 Å².